The molecule has 0 aliphatic rings. The Balaban J connectivity index is 2.39. The van der Waals surface area contributed by atoms with Crippen LogP contribution in [0.15, 0.2) is 29.4 Å². The summed E-state index contributed by atoms with van der Waals surface area (Å²) in [5.41, 5.74) is 4.65. The maximum absolute atomic E-state index is 12.4. The molecular weight excluding hydrogens is 287 g/mol. The number of rotatable bonds is 6. The summed E-state index contributed by atoms with van der Waals surface area (Å²) in [6.45, 7) is 0.360. The van der Waals surface area contributed by atoms with Crippen LogP contribution in [-0.2, 0) is 6.18 Å². The summed E-state index contributed by atoms with van der Waals surface area (Å²) in [7, 11) is 0. The maximum atomic E-state index is 12.4. The fourth-order valence-electron chi connectivity index (χ4n) is 1.60. The van der Waals surface area contributed by atoms with E-state index in [-0.39, 0.29) is 11.4 Å². The minimum absolute atomic E-state index is 0.115. The monoisotopic (exact) mass is 303 g/mol. The topological polar surface area (TPSA) is 87.7 Å². The van der Waals surface area contributed by atoms with Crippen molar-refractivity contribution < 1.29 is 23.2 Å². The molecule has 0 aliphatic heterocycles. The molecule has 21 heavy (non-hydrogen) atoms. The molecule has 5 nitrogen and oxygen atoms in total. The van der Waals surface area contributed by atoms with Gasteiger partial charge in [-0.15, -0.1) is 0 Å². The van der Waals surface area contributed by atoms with Crippen molar-refractivity contribution in [2.45, 2.75) is 25.4 Å². The first-order chi connectivity index (χ1) is 9.84. The third-order valence-electron chi connectivity index (χ3n) is 2.75. The molecule has 8 heteroatoms. The third kappa shape index (κ3) is 5.72. The Bertz CT molecular complexity index is 498. The molecule has 4 N–H and O–H groups in total. The molecule has 0 saturated carbocycles. The van der Waals surface area contributed by atoms with Crippen LogP contribution in [0.4, 0.5) is 13.2 Å². The van der Waals surface area contributed by atoms with E-state index >= 15 is 0 Å². The SMILES string of the molecule is NC(CCCCNC(=O)c1ccc(C(F)(F)F)cc1)=NO. The molecular formula is C13H16F3N3O2. The number of carbonyl (C=O) groups is 1. The van der Waals surface area contributed by atoms with Gasteiger partial charge in [0.05, 0.1) is 5.56 Å². The van der Waals surface area contributed by atoms with E-state index in [9.17, 15) is 18.0 Å². The number of oxime groups is 1. The van der Waals surface area contributed by atoms with Crippen molar-refractivity contribution in [3.8, 4) is 0 Å². The number of alkyl halides is 3. The van der Waals surface area contributed by atoms with Gasteiger partial charge < -0.3 is 16.3 Å². The van der Waals surface area contributed by atoms with Crippen molar-refractivity contribution in [1.29, 1.82) is 0 Å². The molecule has 1 aromatic carbocycles. The van der Waals surface area contributed by atoms with Crippen LogP contribution in [0.2, 0.25) is 0 Å². The summed E-state index contributed by atoms with van der Waals surface area (Å²) in [5, 5.41) is 13.7. The summed E-state index contributed by atoms with van der Waals surface area (Å²) in [4.78, 5) is 11.7. The van der Waals surface area contributed by atoms with Gasteiger partial charge >= 0.3 is 6.18 Å². The Kier molecular flexibility index (Phi) is 6.01. The first-order valence-electron chi connectivity index (χ1n) is 6.26. The van der Waals surface area contributed by atoms with Gasteiger partial charge in [-0.1, -0.05) is 5.16 Å². The van der Waals surface area contributed by atoms with E-state index in [4.69, 9.17) is 10.9 Å². The van der Waals surface area contributed by atoms with Crippen LogP contribution < -0.4 is 11.1 Å². The van der Waals surface area contributed by atoms with Gasteiger partial charge in [0.25, 0.3) is 5.91 Å². The Morgan fingerprint density at radius 3 is 2.38 bits per heavy atom. The molecule has 0 aromatic heterocycles. The van der Waals surface area contributed by atoms with E-state index in [0.29, 0.717) is 25.8 Å². The predicted octanol–water partition coefficient (Wildman–Crippen LogP) is 2.35. The fourth-order valence-corrected chi connectivity index (χ4v) is 1.60. The molecule has 0 bridgehead atoms. The Morgan fingerprint density at radius 1 is 1.24 bits per heavy atom. The summed E-state index contributed by atoms with van der Waals surface area (Å²) < 4.78 is 37.1. The van der Waals surface area contributed by atoms with Crippen LogP contribution in [0, 0.1) is 0 Å². The smallest absolute Gasteiger partial charge is 0.409 e. The number of hydrogen-bond donors (Lipinski definition) is 3. The first-order valence-corrected chi connectivity index (χ1v) is 6.26. The van der Waals surface area contributed by atoms with Crippen LogP contribution in [0.25, 0.3) is 0 Å². The van der Waals surface area contributed by atoms with Gasteiger partial charge in [-0.3, -0.25) is 4.79 Å². The lowest BCUT2D eigenvalue weighted by Gasteiger charge is -2.08. The number of amides is 1. The number of nitrogens with zero attached hydrogens (tertiary/aromatic N) is 1. The lowest BCUT2D eigenvalue weighted by atomic mass is 10.1. The van der Waals surface area contributed by atoms with Crippen molar-refractivity contribution >= 4 is 11.7 Å². The van der Waals surface area contributed by atoms with E-state index in [2.05, 4.69) is 10.5 Å². The Hall–Kier alpha value is -2.25. The van der Waals surface area contributed by atoms with Crippen LogP contribution in [0.5, 0.6) is 0 Å². The molecule has 1 amide bonds. The number of halogens is 3. The summed E-state index contributed by atoms with van der Waals surface area (Å²) in [6, 6.07) is 4.00. The minimum atomic E-state index is -4.41. The van der Waals surface area contributed by atoms with Crippen molar-refractivity contribution in [1.82, 2.24) is 5.32 Å². The lowest BCUT2D eigenvalue weighted by Crippen LogP contribution is -2.24. The highest BCUT2D eigenvalue weighted by Gasteiger charge is 2.30. The van der Waals surface area contributed by atoms with Crippen LogP contribution in [0.3, 0.4) is 0 Å². The van der Waals surface area contributed by atoms with Gasteiger partial charge in [0, 0.05) is 18.5 Å². The third-order valence-corrected chi connectivity index (χ3v) is 2.75. The van der Waals surface area contributed by atoms with Crippen LogP contribution >= 0.6 is 0 Å². The van der Waals surface area contributed by atoms with Gasteiger partial charge in [0.15, 0.2) is 0 Å². The number of nitrogens with one attached hydrogen (secondary N) is 1. The van der Waals surface area contributed by atoms with Crippen LogP contribution in [-0.4, -0.2) is 23.5 Å². The molecule has 0 unspecified atom stereocenters. The summed E-state index contributed by atoms with van der Waals surface area (Å²) in [6.07, 6.45) is -2.76. The van der Waals surface area contributed by atoms with E-state index in [0.717, 1.165) is 24.3 Å². The number of benzene rings is 1. The van der Waals surface area contributed by atoms with E-state index in [1.165, 1.54) is 0 Å². The number of amidine groups is 1. The number of nitrogens with two attached hydrogens (primary N) is 1. The molecule has 0 heterocycles. The zero-order valence-electron chi connectivity index (χ0n) is 11.2. The van der Waals surface area contributed by atoms with Gasteiger partial charge in [-0.2, -0.15) is 13.2 Å². The number of unbranched alkanes of at least 4 members (excludes halogenated alkanes) is 1. The van der Waals surface area contributed by atoms with Crippen molar-refractivity contribution in [3.05, 3.63) is 35.4 Å². The summed E-state index contributed by atoms with van der Waals surface area (Å²) in [5.74, 6) is -0.323. The highest BCUT2D eigenvalue weighted by molar-refractivity contribution is 5.94. The minimum Gasteiger partial charge on any atom is -0.409 e. The van der Waals surface area contributed by atoms with E-state index in [1.807, 2.05) is 0 Å². The highest BCUT2D eigenvalue weighted by atomic mass is 19.4. The quantitative estimate of drug-likeness (QED) is 0.248. The van der Waals surface area contributed by atoms with Gasteiger partial charge in [-0.05, 0) is 37.1 Å². The highest BCUT2D eigenvalue weighted by Crippen LogP contribution is 2.28. The fraction of sp³-hybridized carbons (Fsp3) is 0.385. The zero-order chi connectivity index (χ0) is 15.9. The normalized spacial score (nSPS) is 12.2. The van der Waals surface area contributed by atoms with Gasteiger partial charge in [0.1, 0.15) is 5.84 Å². The second-order valence-corrected chi connectivity index (χ2v) is 4.38. The van der Waals surface area contributed by atoms with E-state index < -0.39 is 17.6 Å². The van der Waals surface area contributed by atoms with Gasteiger partial charge in [0.2, 0.25) is 0 Å². The second-order valence-electron chi connectivity index (χ2n) is 4.38. The molecule has 116 valence electrons. The predicted molar refractivity (Wildman–Crippen MR) is 71.0 cm³/mol. The number of carbonyl (C=O) groups excluding carboxylic acids is 1. The molecule has 1 aromatic rings. The van der Waals surface area contributed by atoms with Crippen molar-refractivity contribution in [2.75, 3.05) is 6.54 Å². The standard InChI is InChI=1S/C13H16F3N3O2/c14-13(15,16)10-6-4-9(5-7-10)12(20)18-8-2-1-3-11(17)19-21/h4-7,21H,1-3,8H2,(H2,17,19)(H,18,20). The molecule has 0 radical (unpaired) electrons. The van der Waals surface area contributed by atoms with Crippen molar-refractivity contribution in [3.63, 3.8) is 0 Å². The molecule has 0 fully saturated rings. The molecule has 0 spiro atoms. The molecule has 0 atom stereocenters. The average Bonchev–Trinajstić information content (AvgIpc) is 2.45. The van der Waals surface area contributed by atoms with Crippen LogP contribution in [0.1, 0.15) is 35.2 Å². The largest absolute Gasteiger partial charge is 0.416 e. The Morgan fingerprint density at radius 2 is 1.86 bits per heavy atom. The van der Waals surface area contributed by atoms with E-state index in [1.54, 1.807) is 0 Å². The zero-order valence-corrected chi connectivity index (χ0v) is 11.2. The molecule has 0 aliphatic carbocycles. The average molecular weight is 303 g/mol. The molecule has 1 rings (SSSR count). The number of hydrogen-bond acceptors (Lipinski definition) is 3. The van der Waals surface area contributed by atoms with Gasteiger partial charge in [-0.25, -0.2) is 0 Å². The second kappa shape index (κ2) is 7.51. The lowest BCUT2D eigenvalue weighted by molar-refractivity contribution is -0.137. The maximum Gasteiger partial charge on any atom is 0.416 e. The Labute approximate surface area is 119 Å². The summed E-state index contributed by atoms with van der Waals surface area (Å²) >= 11 is 0. The first kappa shape index (κ1) is 16.8. The van der Waals surface area contributed by atoms with Crippen molar-refractivity contribution in [2.24, 2.45) is 10.9 Å². The molecule has 0 saturated heterocycles.